The molecule has 2 fully saturated rings. The molecule has 3 aromatic rings. The molecular weight excluding hydrogens is 463 g/mol. The van der Waals surface area contributed by atoms with Gasteiger partial charge in [-0.05, 0) is 13.3 Å². The summed E-state index contributed by atoms with van der Waals surface area (Å²) >= 11 is 0. The Morgan fingerprint density at radius 1 is 1.12 bits per heavy atom. The van der Waals surface area contributed by atoms with Crippen LogP contribution in [0.2, 0.25) is 0 Å². The lowest BCUT2D eigenvalue weighted by atomic mass is 9.86. The van der Waals surface area contributed by atoms with Gasteiger partial charge in [-0.25, -0.2) is 33.4 Å². The number of amides is 1. The average Bonchev–Trinajstić information content (AvgIpc) is 3.44. The predicted octanol–water partition coefficient (Wildman–Crippen LogP) is 2.84. The van der Waals surface area contributed by atoms with E-state index in [0.717, 1.165) is 4.68 Å². The molecule has 14 heteroatoms. The zero-order chi connectivity index (χ0) is 24.3. The van der Waals surface area contributed by atoms with Crippen LogP contribution in [0.4, 0.5) is 33.6 Å². The second-order valence-corrected chi connectivity index (χ2v) is 8.67. The largest absolute Gasteiger partial charge is 0.451 e. The third-order valence-electron chi connectivity index (χ3n) is 6.10. The van der Waals surface area contributed by atoms with Gasteiger partial charge in [0.1, 0.15) is 23.7 Å². The van der Waals surface area contributed by atoms with Crippen LogP contribution in [0.1, 0.15) is 24.4 Å². The van der Waals surface area contributed by atoms with Crippen molar-refractivity contribution >= 4 is 28.7 Å². The number of halogens is 5. The van der Waals surface area contributed by atoms with E-state index in [0.29, 0.717) is 30.8 Å². The van der Waals surface area contributed by atoms with Gasteiger partial charge in [0.15, 0.2) is 5.65 Å². The number of nitrogens with zero attached hydrogens (tertiary/aromatic N) is 8. The maximum Gasteiger partial charge on any atom is 0.451 e. The summed E-state index contributed by atoms with van der Waals surface area (Å²) in [5, 5.41) is 3.91. The SMILES string of the molecule is Cc1cc(N2CC3(CCN(c4cnc5cnn(CC(F)F)c5n4)C3)CC2=O)nc(C(F)(F)F)n1. The number of fused-ring (bicyclic) bond motifs is 1. The van der Waals surface area contributed by atoms with Crippen LogP contribution < -0.4 is 9.80 Å². The first-order valence-electron chi connectivity index (χ1n) is 10.5. The van der Waals surface area contributed by atoms with Crippen LogP contribution in [0.25, 0.3) is 11.2 Å². The highest BCUT2D eigenvalue weighted by Gasteiger charge is 2.49. The van der Waals surface area contributed by atoms with Crippen molar-refractivity contribution in [2.75, 3.05) is 29.4 Å². The second kappa shape index (κ2) is 7.81. The molecule has 2 saturated heterocycles. The first-order chi connectivity index (χ1) is 16.0. The highest BCUT2D eigenvalue weighted by atomic mass is 19.4. The van der Waals surface area contributed by atoms with E-state index in [2.05, 4.69) is 25.0 Å². The van der Waals surface area contributed by atoms with Crippen molar-refractivity contribution in [1.82, 2.24) is 29.7 Å². The van der Waals surface area contributed by atoms with Crippen LogP contribution in [0.5, 0.6) is 0 Å². The van der Waals surface area contributed by atoms with Crippen LogP contribution in [0, 0.1) is 12.3 Å². The van der Waals surface area contributed by atoms with Crippen molar-refractivity contribution < 1.29 is 26.7 Å². The highest BCUT2D eigenvalue weighted by Crippen LogP contribution is 2.43. The summed E-state index contributed by atoms with van der Waals surface area (Å²) in [6.07, 6.45) is -3.68. The Morgan fingerprint density at radius 2 is 1.91 bits per heavy atom. The number of carbonyl (C=O) groups is 1. The van der Waals surface area contributed by atoms with Crippen LogP contribution in [0.15, 0.2) is 18.5 Å². The zero-order valence-corrected chi connectivity index (χ0v) is 17.9. The van der Waals surface area contributed by atoms with Crippen molar-refractivity contribution in [3.05, 3.63) is 30.0 Å². The first kappa shape index (κ1) is 22.3. The lowest BCUT2D eigenvalue weighted by Crippen LogP contribution is -2.32. The minimum atomic E-state index is -4.72. The summed E-state index contributed by atoms with van der Waals surface area (Å²) < 4.78 is 66.2. The number of rotatable bonds is 4. The maximum atomic E-state index is 13.2. The zero-order valence-electron chi connectivity index (χ0n) is 17.9. The molecule has 0 saturated carbocycles. The van der Waals surface area contributed by atoms with Gasteiger partial charge in [0.05, 0.1) is 12.4 Å². The summed E-state index contributed by atoms with van der Waals surface area (Å²) in [7, 11) is 0. The van der Waals surface area contributed by atoms with Crippen LogP contribution in [0.3, 0.4) is 0 Å². The van der Waals surface area contributed by atoms with Gasteiger partial charge in [-0.15, -0.1) is 0 Å². The molecule has 5 heterocycles. The summed E-state index contributed by atoms with van der Waals surface area (Å²) in [5.74, 6) is -1.21. The van der Waals surface area contributed by atoms with Crippen LogP contribution in [-0.2, 0) is 17.5 Å². The summed E-state index contributed by atoms with van der Waals surface area (Å²) in [6.45, 7) is 1.96. The molecule has 2 aliphatic heterocycles. The molecule has 9 nitrogen and oxygen atoms in total. The Morgan fingerprint density at radius 3 is 2.65 bits per heavy atom. The Hall–Kier alpha value is -3.45. The van der Waals surface area contributed by atoms with E-state index in [-0.39, 0.29) is 36.0 Å². The van der Waals surface area contributed by atoms with Gasteiger partial charge in [0.25, 0.3) is 6.43 Å². The van der Waals surface area contributed by atoms with E-state index in [4.69, 9.17) is 0 Å². The Bertz CT molecular complexity index is 1260. The van der Waals surface area contributed by atoms with Crippen LogP contribution in [-0.4, -0.2) is 61.7 Å². The van der Waals surface area contributed by atoms with E-state index in [1.165, 1.54) is 30.3 Å². The van der Waals surface area contributed by atoms with Gasteiger partial charge in [0.2, 0.25) is 11.7 Å². The van der Waals surface area contributed by atoms with E-state index in [1.54, 1.807) is 0 Å². The van der Waals surface area contributed by atoms with E-state index < -0.39 is 30.4 Å². The quantitative estimate of drug-likeness (QED) is 0.528. The number of aryl methyl sites for hydroxylation is 1. The minimum absolute atomic E-state index is 0.0720. The normalized spacial score (nSPS) is 21.1. The number of hydrogen-bond acceptors (Lipinski definition) is 7. The van der Waals surface area contributed by atoms with Gasteiger partial charge in [0, 0.05) is 43.2 Å². The number of aromatic nitrogens is 6. The Labute approximate surface area is 189 Å². The van der Waals surface area contributed by atoms with Gasteiger partial charge in [-0.1, -0.05) is 0 Å². The summed E-state index contributed by atoms with van der Waals surface area (Å²) in [5.41, 5.74) is 0.232. The fourth-order valence-corrected chi connectivity index (χ4v) is 4.58. The average molecular weight is 482 g/mol. The molecule has 34 heavy (non-hydrogen) atoms. The molecule has 2 aliphatic rings. The standard InChI is InChI=1S/C20H19F5N8O/c1-11-4-14(30-18(28-11)20(23,24)25)32-10-19(5-16(32)34)2-3-31(9-19)15-7-26-12-6-27-33(8-13(21)22)17(12)29-15/h4,6-7,13H,2-3,5,8-10H2,1H3. The van der Waals surface area contributed by atoms with E-state index in [9.17, 15) is 26.7 Å². The van der Waals surface area contributed by atoms with Gasteiger partial charge < -0.3 is 4.90 Å². The van der Waals surface area contributed by atoms with Crippen molar-refractivity contribution in [3.8, 4) is 0 Å². The monoisotopic (exact) mass is 482 g/mol. The van der Waals surface area contributed by atoms with E-state index >= 15 is 0 Å². The number of anilines is 2. The highest BCUT2D eigenvalue weighted by molar-refractivity contribution is 5.95. The first-order valence-corrected chi connectivity index (χ1v) is 10.5. The molecule has 3 aromatic heterocycles. The maximum absolute atomic E-state index is 13.2. The molecule has 0 N–H and O–H groups in total. The lowest BCUT2D eigenvalue weighted by molar-refractivity contribution is -0.145. The molecular formula is C20H19F5N8O. The molecule has 0 aliphatic carbocycles. The van der Waals surface area contributed by atoms with Gasteiger partial charge >= 0.3 is 6.18 Å². The molecule has 5 rings (SSSR count). The van der Waals surface area contributed by atoms with Gasteiger partial charge in [-0.3, -0.25) is 9.69 Å². The number of carbonyl (C=O) groups excluding carboxylic acids is 1. The van der Waals surface area contributed by atoms with E-state index in [1.807, 2.05) is 4.90 Å². The molecule has 0 aromatic carbocycles. The van der Waals surface area contributed by atoms with Crippen molar-refractivity contribution in [2.45, 2.75) is 38.9 Å². The fourth-order valence-electron chi connectivity index (χ4n) is 4.58. The number of alkyl halides is 5. The molecule has 1 unspecified atom stereocenters. The van der Waals surface area contributed by atoms with Crippen molar-refractivity contribution in [3.63, 3.8) is 0 Å². The molecule has 180 valence electrons. The predicted molar refractivity (Wildman–Crippen MR) is 109 cm³/mol. The molecule has 1 amide bonds. The fraction of sp³-hybridized carbons (Fsp3) is 0.500. The molecule has 1 spiro atoms. The molecule has 0 radical (unpaired) electrons. The van der Waals surface area contributed by atoms with Gasteiger partial charge in [-0.2, -0.15) is 18.3 Å². The Kier molecular flexibility index (Phi) is 5.13. The van der Waals surface area contributed by atoms with Crippen molar-refractivity contribution in [2.24, 2.45) is 5.41 Å². The Balaban J connectivity index is 1.38. The smallest absolute Gasteiger partial charge is 0.355 e. The summed E-state index contributed by atoms with van der Waals surface area (Å²) in [4.78, 5) is 31.7. The summed E-state index contributed by atoms with van der Waals surface area (Å²) in [6, 6.07) is 1.36. The molecule has 0 bridgehead atoms. The third kappa shape index (κ3) is 4.01. The molecule has 1 atom stereocenters. The number of hydrogen-bond donors (Lipinski definition) is 0. The lowest BCUT2D eigenvalue weighted by Gasteiger charge is -2.24. The minimum Gasteiger partial charge on any atom is -0.355 e. The topological polar surface area (TPSA) is 92.9 Å². The third-order valence-corrected chi connectivity index (χ3v) is 6.10. The van der Waals surface area contributed by atoms with Crippen LogP contribution >= 0.6 is 0 Å². The second-order valence-electron chi connectivity index (χ2n) is 8.67. The van der Waals surface area contributed by atoms with Crippen molar-refractivity contribution in [1.29, 1.82) is 0 Å².